The Labute approximate surface area is 257 Å². The van der Waals surface area contributed by atoms with Crippen LogP contribution in [-0.2, 0) is 0 Å². The van der Waals surface area contributed by atoms with Gasteiger partial charge < -0.3 is 4.57 Å². The molecule has 0 saturated heterocycles. The summed E-state index contributed by atoms with van der Waals surface area (Å²) >= 11 is 1.82. The van der Waals surface area contributed by atoms with E-state index in [9.17, 15) is 0 Å². The zero-order valence-corrected chi connectivity index (χ0v) is 24.4. The summed E-state index contributed by atoms with van der Waals surface area (Å²) in [5, 5.41) is 8.64. The normalized spacial score (nSPS) is 11.6. The lowest BCUT2D eigenvalue weighted by Crippen LogP contribution is -2.00. The van der Waals surface area contributed by atoms with Gasteiger partial charge in [-0.1, -0.05) is 103 Å². The summed E-state index contributed by atoms with van der Waals surface area (Å²) in [5.74, 6) is 1.97. The minimum absolute atomic E-state index is 0.650. The van der Waals surface area contributed by atoms with E-state index in [-0.39, 0.29) is 0 Å². The molecule has 9 rings (SSSR count). The molecule has 3 heterocycles. The lowest BCUT2D eigenvalue weighted by molar-refractivity contribution is 1.07. The van der Waals surface area contributed by atoms with Gasteiger partial charge >= 0.3 is 0 Å². The number of nitrogens with zero attached hydrogens (tertiary/aromatic N) is 4. The number of thiophene rings is 1. The van der Waals surface area contributed by atoms with Crippen LogP contribution in [0.4, 0.5) is 0 Å². The summed E-state index contributed by atoms with van der Waals surface area (Å²) in [6.45, 7) is 0. The highest BCUT2D eigenvalue weighted by atomic mass is 32.1. The van der Waals surface area contributed by atoms with Crippen LogP contribution in [0.2, 0.25) is 0 Å². The first-order valence-corrected chi connectivity index (χ1v) is 15.5. The molecule has 0 aliphatic rings. The monoisotopic (exact) mass is 580 g/mol. The van der Waals surface area contributed by atoms with E-state index in [0.29, 0.717) is 17.5 Å². The molecule has 0 aliphatic carbocycles. The third kappa shape index (κ3) is 3.87. The maximum atomic E-state index is 4.93. The highest BCUT2D eigenvalue weighted by Crippen LogP contribution is 2.44. The molecule has 0 fully saturated rings. The molecule has 0 N–H and O–H groups in total. The van der Waals surface area contributed by atoms with Gasteiger partial charge in [-0.15, -0.1) is 11.3 Å². The summed E-state index contributed by atoms with van der Waals surface area (Å²) < 4.78 is 3.74. The zero-order chi connectivity index (χ0) is 29.0. The topological polar surface area (TPSA) is 43.6 Å². The largest absolute Gasteiger partial charge is 0.309 e. The van der Waals surface area contributed by atoms with Crippen molar-refractivity contribution in [1.29, 1.82) is 0 Å². The Morgan fingerprint density at radius 3 is 1.59 bits per heavy atom. The number of aromatic nitrogens is 4. The van der Waals surface area contributed by atoms with Crippen molar-refractivity contribution in [1.82, 2.24) is 19.5 Å². The molecule has 0 saturated carbocycles. The van der Waals surface area contributed by atoms with Crippen LogP contribution in [0.1, 0.15) is 0 Å². The van der Waals surface area contributed by atoms with Crippen LogP contribution in [0.25, 0.3) is 82.5 Å². The van der Waals surface area contributed by atoms with Crippen molar-refractivity contribution in [3.05, 3.63) is 145 Å². The van der Waals surface area contributed by atoms with E-state index in [2.05, 4.69) is 88.8 Å². The van der Waals surface area contributed by atoms with Gasteiger partial charge in [0.15, 0.2) is 17.5 Å². The predicted octanol–water partition coefficient (Wildman–Crippen LogP) is 10.3. The predicted molar refractivity (Wildman–Crippen MR) is 183 cm³/mol. The number of benzene rings is 6. The third-order valence-electron chi connectivity index (χ3n) is 8.32. The second-order valence-corrected chi connectivity index (χ2v) is 11.8. The van der Waals surface area contributed by atoms with Gasteiger partial charge in [0.25, 0.3) is 0 Å². The fourth-order valence-electron chi connectivity index (χ4n) is 6.33. The van der Waals surface area contributed by atoms with Crippen molar-refractivity contribution in [3.63, 3.8) is 0 Å². The fourth-order valence-corrected chi connectivity index (χ4v) is 7.30. The molecular formula is C39H24N4S. The molecule has 0 spiro atoms. The number of para-hydroxylation sites is 1. The van der Waals surface area contributed by atoms with Gasteiger partial charge in [0, 0.05) is 48.6 Å². The van der Waals surface area contributed by atoms with E-state index < -0.39 is 0 Å². The van der Waals surface area contributed by atoms with Crippen molar-refractivity contribution in [2.75, 3.05) is 0 Å². The number of fused-ring (bicyclic) bond motifs is 8. The van der Waals surface area contributed by atoms with E-state index in [4.69, 9.17) is 15.0 Å². The Hall–Kier alpha value is -5.65. The Morgan fingerprint density at radius 2 is 0.955 bits per heavy atom. The van der Waals surface area contributed by atoms with E-state index >= 15 is 0 Å². The number of hydrogen-bond donors (Lipinski definition) is 0. The van der Waals surface area contributed by atoms with Crippen LogP contribution in [0.5, 0.6) is 0 Å². The summed E-state index contributed by atoms with van der Waals surface area (Å²) in [6.07, 6.45) is 0. The Morgan fingerprint density at radius 1 is 0.432 bits per heavy atom. The van der Waals surface area contributed by atoms with Crippen molar-refractivity contribution >= 4 is 54.0 Å². The fraction of sp³-hybridized carbons (Fsp3) is 0. The summed E-state index contributed by atoms with van der Waals surface area (Å²) in [7, 11) is 0. The second-order valence-electron chi connectivity index (χ2n) is 10.9. The van der Waals surface area contributed by atoms with Crippen molar-refractivity contribution in [2.24, 2.45) is 0 Å². The van der Waals surface area contributed by atoms with Gasteiger partial charge in [-0.3, -0.25) is 0 Å². The van der Waals surface area contributed by atoms with Gasteiger partial charge in [0.2, 0.25) is 0 Å². The first-order chi connectivity index (χ1) is 21.8. The highest BCUT2D eigenvalue weighted by Gasteiger charge is 2.19. The summed E-state index contributed by atoms with van der Waals surface area (Å²) in [4.78, 5) is 14.7. The number of hydrogen-bond acceptors (Lipinski definition) is 4. The molecular weight excluding hydrogens is 557 g/mol. The average molecular weight is 581 g/mol. The van der Waals surface area contributed by atoms with Crippen molar-refractivity contribution in [2.45, 2.75) is 0 Å². The van der Waals surface area contributed by atoms with Gasteiger partial charge in [-0.2, -0.15) is 0 Å². The van der Waals surface area contributed by atoms with Gasteiger partial charge in [0.1, 0.15) is 0 Å². The van der Waals surface area contributed by atoms with Crippen molar-refractivity contribution < 1.29 is 0 Å². The van der Waals surface area contributed by atoms with E-state index in [1.54, 1.807) is 0 Å². The molecule has 0 aliphatic heterocycles. The summed E-state index contributed by atoms with van der Waals surface area (Å²) in [6, 6.07) is 48.6. The molecule has 0 unspecified atom stereocenters. The Bertz CT molecular complexity index is 2420. The number of rotatable bonds is 4. The molecule has 9 aromatic rings. The van der Waals surface area contributed by atoms with Gasteiger partial charge in [0.05, 0.1) is 11.0 Å². The molecule has 5 heteroatoms. The molecule has 0 amide bonds. The SMILES string of the molecule is c1ccc(-c2nc(-c3ccccc3)nc(-c3ccc(-n4c5ccccc5c5c6sccc6c6ccccc6c54)cc3)n2)cc1. The first-order valence-electron chi connectivity index (χ1n) is 14.6. The van der Waals surface area contributed by atoms with E-state index in [0.717, 1.165) is 22.4 Å². The zero-order valence-electron chi connectivity index (χ0n) is 23.6. The highest BCUT2D eigenvalue weighted by molar-refractivity contribution is 7.18. The lowest BCUT2D eigenvalue weighted by atomic mass is 10.0. The average Bonchev–Trinajstić information content (AvgIpc) is 3.73. The molecule has 0 bridgehead atoms. The molecule has 4 nitrogen and oxygen atoms in total. The maximum absolute atomic E-state index is 4.93. The standard InChI is InChI=1S/C39H24N4S/c1-3-11-25(12-4-1)37-40-38(26-13-5-2-6-14-26)42-39(41-37)27-19-21-28(22-20-27)43-33-18-10-9-17-32(33)34-35(43)30-16-8-7-15-29(30)31-23-24-44-36(31)34/h1-24H. The Balaban J connectivity index is 1.26. The lowest BCUT2D eigenvalue weighted by Gasteiger charge is -2.12. The van der Waals surface area contributed by atoms with Crippen LogP contribution in [-0.4, -0.2) is 19.5 Å². The minimum Gasteiger partial charge on any atom is -0.309 e. The molecule has 0 atom stereocenters. The molecule has 0 radical (unpaired) electrons. The van der Waals surface area contributed by atoms with Crippen LogP contribution in [0.3, 0.4) is 0 Å². The quantitative estimate of drug-likeness (QED) is 0.208. The van der Waals surface area contributed by atoms with Gasteiger partial charge in [-0.25, -0.2) is 15.0 Å². The molecule has 44 heavy (non-hydrogen) atoms. The van der Waals surface area contributed by atoms with Gasteiger partial charge in [-0.05, 0) is 47.2 Å². The van der Waals surface area contributed by atoms with E-state index in [1.807, 2.05) is 72.0 Å². The maximum Gasteiger partial charge on any atom is 0.164 e. The molecule has 6 aromatic carbocycles. The smallest absolute Gasteiger partial charge is 0.164 e. The second kappa shape index (κ2) is 9.97. The third-order valence-corrected chi connectivity index (χ3v) is 9.25. The Kier molecular flexibility index (Phi) is 5.64. The minimum atomic E-state index is 0.650. The van der Waals surface area contributed by atoms with Crippen molar-refractivity contribution in [3.8, 4) is 39.9 Å². The molecule has 206 valence electrons. The first kappa shape index (κ1) is 24.9. The van der Waals surface area contributed by atoms with Crippen LogP contribution < -0.4 is 0 Å². The van der Waals surface area contributed by atoms with Crippen LogP contribution >= 0.6 is 11.3 Å². The molecule has 3 aromatic heterocycles. The van der Waals surface area contributed by atoms with Crippen LogP contribution in [0.15, 0.2) is 145 Å². The van der Waals surface area contributed by atoms with E-state index in [1.165, 1.54) is 42.7 Å². The van der Waals surface area contributed by atoms with Crippen LogP contribution in [0, 0.1) is 0 Å². The summed E-state index contributed by atoms with van der Waals surface area (Å²) in [5.41, 5.74) is 6.39.